The second kappa shape index (κ2) is 7.99. The number of aliphatic hydroxyl groups excluding tert-OH is 1. The van der Waals surface area contributed by atoms with Crippen LogP contribution in [0.25, 0.3) is 0 Å². The summed E-state index contributed by atoms with van der Waals surface area (Å²) < 4.78 is 5.59. The molecule has 0 aromatic heterocycles. The number of halogens is 1. The average molecular weight is 313 g/mol. The van der Waals surface area contributed by atoms with Gasteiger partial charge in [-0.15, -0.1) is 0 Å². The summed E-state index contributed by atoms with van der Waals surface area (Å²) in [6.45, 7) is 4.57. The van der Waals surface area contributed by atoms with E-state index in [1.165, 1.54) is 5.69 Å². The Labute approximate surface area is 132 Å². The van der Waals surface area contributed by atoms with Gasteiger partial charge < -0.3 is 20.1 Å². The molecule has 1 aliphatic rings. The summed E-state index contributed by atoms with van der Waals surface area (Å²) in [4.78, 5) is 2.35. The number of nitrogens with one attached hydrogen (secondary N) is 1. The van der Waals surface area contributed by atoms with Gasteiger partial charge in [0.2, 0.25) is 0 Å². The van der Waals surface area contributed by atoms with Crippen molar-refractivity contribution in [2.24, 2.45) is 0 Å². The van der Waals surface area contributed by atoms with Gasteiger partial charge in [0.05, 0.1) is 19.3 Å². The van der Waals surface area contributed by atoms with Gasteiger partial charge >= 0.3 is 0 Å². The molecule has 1 saturated heterocycles. The van der Waals surface area contributed by atoms with Crippen molar-refractivity contribution in [1.29, 1.82) is 0 Å². The Morgan fingerprint density at radius 1 is 1.43 bits per heavy atom. The van der Waals surface area contributed by atoms with Gasteiger partial charge in [0.1, 0.15) is 0 Å². The lowest BCUT2D eigenvalue weighted by Crippen LogP contribution is -2.37. The second-order valence-electron chi connectivity index (χ2n) is 5.50. The molecular weight excluding hydrogens is 288 g/mol. The van der Waals surface area contributed by atoms with Crippen molar-refractivity contribution in [3.05, 3.63) is 28.8 Å². The summed E-state index contributed by atoms with van der Waals surface area (Å²) in [7, 11) is 1.94. The van der Waals surface area contributed by atoms with Crippen molar-refractivity contribution >= 4 is 17.3 Å². The fraction of sp³-hybridized carbons (Fsp3) is 0.625. The van der Waals surface area contributed by atoms with E-state index in [-0.39, 0.29) is 18.8 Å². The van der Waals surface area contributed by atoms with Crippen LogP contribution in [0.1, 0.15) is 31.4 Å². The zero-order valence-corrected chi connectivity index (χ0v) is 13.6. The Balaban J connectivity index is 1.96. The third-order valence-electron chi connectivity index (χ3n) is 4.14. The van der Waals surface area contributed by atoms with Crippen molar-refractivity contribution in [1.82, 2.24) is 5.32 Å². The molecule has 118 valence electrons. The molecule has 21 heavy (non-hydrogen) atoms. The predicted octanol–water partition coefficient (Wildman–Crippen LogP) is 2.60. The number of nitrogens with zero attached hydrogens (tertiary/aromatic N) is 1. The van der Waals surface area contributed by atoms with Gasteiger partial charge in [0.25, 0.3) is 0 Å². The van der Waals surface area contributed by atoms with E-state index in [0.29, 0.717) is 6.61 Å². The monoisotopic (exact) mass is 312 g/mol. The van der Waals surface area contributed by atoms with Crippen molar-refractivity contribution in [2.75, 3.05) is 38.3 Å². The maximum absolute atomic E-state index is 8.79. The molecule has 1 fully saturated rings. The molecular formula is C16H25ClN2O2. The molecule has 2 rings (SSSR count). The summed E-state index contributed by atoms with van der Waals surface area (Å²) in [5, 5.41) is 12.8. The van der Waals surface area contributed by atoms with Crippen molar-refractivity contribution < 1.29 is 9.84 Å². The number of rotatable bonds is 6. The first-order valence-corrected chi connectivity index (χ1v) is 7.97. The van der Waals surface area contributed by atoms with Crippen molar-refractivity contribution in [3.8, 4) is 0 Å². The summed E-state index contributed by atoms with van der Waals surface area (Å²) >= 11 is 6.40. The van der Waals surface area contributed by atoms with E-state index in [9.17, 15) is 0 Å². The van der Waals surface area contributed by atoms with E-state index in [0.717, 1.165) is 36.5 Å². The smallest absolute Gasteiger partial charge is 0.0701 e. The van der Waals surface area contributed by atoms with Crippen LogP contribution in [0.5, 0.6) is 0 Å². The summed E-state index contributed by atoms with van der Waals surface area (Å²) in [6, 6.07) is 6.56. The van der Waals surface area contributed by atoms with E-state index in [1.807, 2.05) is 7.05 Å². The summed E-state index contributed by atoms with van der Waals surface area (Å²) in [5.41, 5.74) is 2.30. The Kier molecular flexibility index (Phi) is 6.30. The SMILES string of the molecule is CNC(C)c1ccc(N2CCC(OCCO)CC2)cc1Cl. The molecule has 1 aromatic rings. The number of hydrogen-bond acceptors (Lipinski definition) is 4. The Morgan fingerprint density at radius 3 is 2.71 bits per heavy atom. The minimum Gasteiger partial charge on any atom is -0.394 e. The van der Waals surface area contributed by atoms with E-state index < -0.39 is 0 Å². The minimum atomic E-state index is 0.0981. The maximum atomic E-state index is 8.79. The van der Waals surface area contributed by atoms with E-state index >= 15 is 0 Å². The van der Waals surface area contributed by atoms with Crippen LogP contribution in [0.15, 0.2) is 18.2 Å². The highest BCUT2D eigenvalue weighted by Gasteiger charge is 2.20. The quantitative estimate of drug-likeness (QED) is 0.847. The van der Waals surface area contributed by atoms with Crippen LogP contribution >= 0.6 is 11.6 Å². The van der Waals surface area contributed by atoms with Gasteiger partial charge in [0.15, 0.2) is 0 Å². The van der Waals surface area contributed by atoms with Crippen LogP contribution in [0, 0.1) is 0 Å². The highest BCUT2D eigenvalue weighted by atomic mass is 35.5. The molecule has 1 unspecified atom stereocenters. The molecule has 1 aromatic carbocycles. The maximum Gasteiger partial charge on any atom is 0.0701 e. The fourth-order valence-corrected chi connectivity index (χ4v) is 3.06. The standard InChI is InChI=1S/C16H25ClN2O2/c1-12(18-2)15-4-3-13(11-16(15)17)19-7-5-14(6-8-19)21-10-9-20/h3-4,11-12,14,18,20H,5-10H2,1-2H3. The lowest BCUT2D eigenvalue weighted by atomic mass is 10.0. The number of anilines is 1. The van der Waals surface area contributed by atoms with Crippen LogP contribution in [-0.4, -0.2) is 44.6 Å². The first kappa shape index (κ1) is 16.6. The molecule has 4 nitrogen and oxygen atoms in total. The highest BCUT2D eigenvalue weighted by molar-refractivity contribution is 6.31. The topological polar surface area (TPSA) is 44.7 Å². The zero-order chi connectivity index (χ0) is 15.2. The zero-order valence-electron chi connectivity index (χ0n) is 12.8. The van der Waals surface area contributed by atoms with Gasteiger partial charge in [-0.3, -0.25) is 0 Å². The average Bonchev–Trinajstić information content (AvgIpc) is 2.52. The molecule has 5 heteroatoms. The number of ether oxygens (including phenoxy) is 1. The molecule has 0 saturated carbocycles. The second-order valence-corrected chi connectivity index (χ2v) is 5.90. The molecule has 0 amide bonds. The largest absolute Gasteiger partial charge is 0.394 e. The number of benzene rings is 1. The van der Waals surface area contributed by atoms with Crippen molar-refractivity contribution in [3.63, 3.8) is 0 Å². The van der Waals surface area contributed by atoms with E-state index in [4.69, 9.17) is 21.4 Å². The van der Waals surface area contributed by atoms with Crippen LogP contribution in [-0.2, 0) is 4.74 Å². The van der Waals surface area contributed by atoms with Crippen LogP contribution in [0.3, 0.4) is 0 Å². The number of hydrogen-bond donors (Lipinski definition) is 2. The molecule has 0 radical (unpaired) electrons. The van der Waals surface area contributed by atoms with Gasteiger partial charge in [-0.05, 0) is 44.5 Å². The molecule has 1 aliphatic heterocycles. The molecule has 0 spiro atoms. The molecule has 1 heterocycles. The minimum absolute atomic E-state index is 0.0981. The lowest BCUT2D eigenvalue weighted by molar-refractivity contribution is 0.0159. The van der Waals surface area contributed by atoms with Crippen LogP contribution in [0.2, 0.25) is 5.02 Å². The van der Waals surface area contributed by atoms with E-state index in [2.05, 4.69) is 35.3 Å². The summed E-state index contributed by atoms with van der Waals surface area (Å²) in [6.07, 6.45) is 2.26. The third-order valence-corrected chi connectivity index (χ3v) is 4.46. The third kappa shape index (κ3) is 4.33. The molecule has 2 N–H and O–H groups in total. The predicted molar refractivity (Wildman–Crippen MR) is 87.2 cm³/mol. The van der Waals surface area contributed by atoms with E-state index in [1.54, 1.807) is 0 Å². The number of piperidine rings is 1. The van der Waals surface area contributed by atoms with Crippen LogP contribution in [0.4, 0.5) is 5.69 Å². The fourth-order valence-electron chi connectivity index (χ4n) is 2.72. The van der Waals surface area contributed by atoms with Gasteiger partial charge in [-0.2, -0.15) is 0 Å². The number of aliphatic hydroxyl groups is 1. The molecule has 0 aliphatic carbocycles. The normalized spacial score (nSPS) is 18.0. The highest BCUT2D eigenvalue weighted by Crippen LogP contribution is 2.29. The summed E-state index contributed by atoms with van der Waals surface area (Å²) in [5.74, 6) is 0. The first-order valence-electron chi connectivity index (χ1n) is 7.59. The van der Waals surface area contributed by atoms with Gasteiger partial charge in [-0.1, -0.05) is 17.7 Å². The Hall–Kier alpha value is -0.810. The van der Waals surface area contributed by atoms with Gasteiger partial charge in [0, 0.05) is 29.8 Å². The lowest BCUT2D eigenvalue weighted by Gasteiger charge is -2.33. The molecule has 1 atom stereocenters. The Bertz CT molecular complexity index is 448. The Morgan fingerprint density at radius 2 is 2.14 bits per heavy atom. The molecule has 0 bridgehead atoms. The first-order chi connectivity index (χ1) is 10.2. The van der Waals surface area contributed by atoms with Crippen LogP contribution < -0.4 is 10.2 Å². The van der Waals surface area contributed by atoms with Gasteiger partial charge in [-0.25, -0.2) is 0 Å². The van der Waals surface area contributed by atoms with Crippen molar-refractivity contribution in [2.45, 2.75) is 31.9 Å².